The van der Waals surface area contributed by atoms with E-state index in [0.717, 1.165) is 25.6 Å². The normalized spacial score (nSPS) is 20.6. The third kappa shape index (κ3) is 7.58. The summed E-state index contributed by atoms with van der Waals surface area (Å²) in [6, 6.07) is 0. The van der Waals surface area contributed by atoms with Gasteiger partial charge in [-0.15, -0.1) is 0 Å². The molecule has 0 fully saturated rings. The minimum atomic E-state index is 0.788. The van der Waals surface area contributed by atoms with E-state index in [2.05, 4.69) is 79.8 Å². The van der Waals surface area contributed by atoms with Gasteiger partial charge in [0, 0.05) is 7.85 Å². The van der Waals surface area contributed by atoms with E-state index in [0.29, 0.717) is 0 Å². The van der Waals surface area contributed by atoms with Crippen molar-refractivity contribution in [2.24, 2.45) is 17.8 Å². The molecule has 0 spiro atoms. The minimum Gasteiger partial charge on any atom is -0.0818 e. The largest absolute Gasteiger partial charge is 0.0818 e. The highest BCUT2D eigenvalue weighted by molar-refractivity contribution is 14.1. The number of rotatable bonds is 9. The first-order valence-electron chi connectivity index (χ1n) is 7.22. The van der Waals surface area contributed by atoms with E-state index in [4.69, 9.17) is 0 Å². The maximum absolute atomic E-state index is 2.64. The summed E-state index contributed by atoms with van der Waals surface area (Å²) in [7, 11) is 0. The van der Waals surface area contributed by atoms with Gasteiger partial charge in [-0.3, -0.25) is 0 Å². The zero-order chi connectivity index (χ0) is 13.4. The molecule has 0 aromatic carbocycles. The maximum Gasteiger partial charge on any atom is 0.0250 e. The fraction of sp³-hybridized carbons (Fsp3) is 1.00. The molecule has 0 aromatic rings. The number of halogens is 2. The number of alkyl halides is 2. The Labute approximate surface area is 136 Å². The van der Waals surface area contributed by atoms with Crippen LogP contribution in [0.4, 0.5) is 0 Å². The molecule has 0 bridgehead atoms. The molecule has 104 valence electrons. The first-order chi connectivity index (χ1) is 7.93. The van der Waals surface area contributed by atoms with Gasteiger partial charge in [0.1, 0.15) is 0 Å². The second kappa shape index (κ2) is 10.3. The lowest BCUT2D eigenvalue weighted by Crippen LogP contribution is -2.21. The van der Waals surface area contributed by atoms with Gasteiger partial charge >= 0.3 is 0 Å². The van der Waals surface area contributed by atoms with Gasteiger partial charge in [0.25, 0.3) is 0 Å². The van der Waals surface area contributed by atoms with Crippen molar-refractivity contribution in [2.75, 3.05) is 0 Å². The fourth-order valence-electron chi connectivity index (χ4n) is 2.51. The van der Waals surface area contributed by atoms with Gasteiger partial charge in [-0.25, -0.2) is 0 Å². The maximum atomic E-state index is 2.64. The lowest BCUT2D eigenvalue weighted by atomic mass is 9.82. The lowest BCUT2D eigenvalue weighted by molar-refractivity contribution is 0.282. The predicted molar refractivity (Wildman–Crippen MR) is 97.5 cm³/mol. The van der Waals surface area contributed by atoms with Crippen LogP contribution in [0, 0.1) is 17.8 Å². The van der Waals surface area contributed by atoms with Gasteiger partial charge in [-0.2, -0.15) is 0 Å². The van der Waals surface area contributed by atoms with Crippen molar-refractivity contribution < 1.29 is 0 Å². The van der Waals surface area contributed by atoms with Crippen LogP contribution in [0.3, 0.4) is 0 Å². The zero-order valence-electron chi connectivity index (χ0n) is 12.2. The summed E-state index contributed by atoms with van der Waals surface area (Å²) in [6.07, 6.45) is 6.96. The first-order valence-corrected chi connectivity index (χ1v) is 9.71. The zero-order valence-corrected chi connectivity index (χ0v) is 16.5. The van der Waals surface area contributed by atoms with E-state index in [-0.39, 0.29) is 0 Å². The monoisotopic (exact) mass is 464 g/mol. The van der Waals surface area contributed by atoms with Crippen molar-refractivity contribution in [2.45, 2.75) is 74.6 Å². The number of hydrogen-bond acceptors (Lipinski definition) is 0. The van der Waals surface area contributed by atoms with Crippen LogP contribution >= 0.6 is 45.2 Å². The molecule has 0 aliphatic heterocycles. The van der Waals surface area contributed by atoms with Gasteiger partial charge in [0.15, 0.2) is 0 Å². The molecule has 5 atom stereocenters. The highest BCUT2D eigenvalue weighted by atomic mass is 127. The van der Waals surface area contributed by atoms with Crippen LogP contribution in [-0.4, -0.2) is 7.85 Å². The molecular weight excluding hydrogens is 434 g/mol. The van der Waals surface area contributed by atoms with E-state index >= 15 is 0 Å². The Kier molecular flexibility index (Phi) is 11.2. The third-order valence-electron chi connectivity index (χ3n) is 4.08. The highest BCUT2D eigenvalue weighted by Gasteiger charge is 2.21. The van der Waals surface area contributed by atoms with Crippen LogP contribution < -0.4 is 0 Å². The van der Waals surface area contributed by atoms with Gasteiger partial charge in [-0.05, 0) is 30.6 Å². The van der Waals surface area contributed by atoms with E-state index in [9.17, 15) is 0 Å². The molecule has 0 aliphatic rings. The van der Waals surface area contributed by atoms with E-state index in [1.54, 1.807) is 0 Å². The third-order valence-corrected chi connectivity index (χ3v) is 8.54. The average molecular weight is 464 g/mol. The lowest BCUT2D eigenvalue weighted by Gasteiger charge is -2.26. The second-order valence-corrected chi connectivity index (χ2v) is 9.01. The average Bonchev–Trinajstić information content (AvgIpc) is 2.31. The second-order valence-electron chi connectivity index (χ2n) is 5.61. The molecule has 0 saturated heterocycles. The molecule has 0 rings (SSSR count). The van der Waals surface area contributed by atoms with Crippen molar-refractivity contribution in [3.05, 3.63) is 0 Å². The Balaban J connectivity index is 4.11. The molecule has 0 saturated carbocycles. The SMILES string of the molecule is CCC[C@H](CC[C@@H](C)[C@@H](I)[C@H](C)I)C(C)CC. The molecule has 1 unspecified atom stereocenters. The summed E-state index contributed by atoms with van der Waals surface area (Å²) in [5.74, 6) is 2.73. The van der Waals surface area contributed by atoms with Crippen LogP contribution in [-0.2, 0) is 0 Å². The van der Waals surface area contributed by atoms with Crippen molar-refractivity contribution in [3.63, 3.8) is 0 Å². The van der Waals surface area contributed by atoms with E-state index < -0.39 is 0 Å². The van der Waals surface area contributed by atoms with Gasteiger partial charge in [-0.1, -0.05) is 99.1 Å². The summed E-state index contributed by atoms with van der Waals surface area (Å²) >= 11 is 5.22. The Bertz CT molecular complexity index is 180. The Morgan fingerprint density at radius 3 is 1.82 bits per heavy atom. The van der Waals surface area contributed by atoms with Gasteiger partial charge in [0.05, 0.1) is 0 Å². The minimum absolute atomic E-state index is 0.788. The van der Waals surface area contributed by atoms with Crippen LogP contribution in [0.15, 0.2) is 0 Å². The molecule has 0 aliphatic carbocycles. The number of hydrogen-bond donors (Lipinski definition) is 0. The van der Waals surface area contributed by atoms with Crippen LogP contribution in [0.25, 0.3) is 0 Å². The standard InChI is InChI=1S/C15H30I2/c1-6-8-14(11(3)7-2)10-9-12(4)15(17)13(5)16/h11-15H,6-10H2,1-5H3/t11?,12-,13+,14-,15-/m1/s1. The fourth-order valence-corrected chi connectivity index (χ4v) is 3.57. The van der Waals surface area contributed by atoms with Crippen molar-refractivity contribution in [1.29, 1.82) is 0 Å². The van der Waals surface area contributed by atoms with Gasteiger partial charge in [0.2, 0.25) is 0 Å². The molecule has 17 heavy (non-hydrogen) atoms. The molecule has 0 aromatic heterocycles. The Hall–Kier alpha value is 1.46. The smallest absolute Gasteiger partial charge is 0.0250 e. The van der Waals surface area contributed by atoms with E-state index in [1.165, 1.54) is 32.1 Å². The van der Waals surface area contributed by atoms with E-state index in [1.807, 2.05) is 0 Å². The van der Waals surface area contributed by atoms with Crippen molar-refractivity contribution in [3.8, 4) is 0 Å². The summed E-state index contributed by atoms with van der Waals surface area (Å²) in [5, 5.41) is 0. The molecule has 0 nitrogen and oxygen atoms in total. The van der Waals surface area contributed by atoms with Crippen LogP contribution in [0.5, 0.6) is 0 Å². The summed E-state index contributed by atoms with van der Waals surface area (Å²) in [6.45, 7) is 11.9. The van der Waals surface area contributed by atoms with Gasteiger partial charge < -0.3 is 0 Å². The molecule has 0 N–H and O–H groups in total. The topological polar surface area (TPSA) is 0 Å². The molecular formula is C15H30I2. The Morgan fingerprint density at radius 2 is 1.41 bits per heavy atom. The van der Waals surface area contributed by atoms with Crippen LogP contribution in [0.2, 0.25) is 0 Å². The summed E-state index contributed by atoms with van der Waals surface area (Å²) in [5.41, 5.74) is 0. The molecule has 2 heteroatoms. The Morgan fingerprint density at radius 1 is 0.824 bits per heavy atom. The van der Waals surface area contributed by atoms with Crippen LogP contribution in [0.1, 0.15) is 66.7 Å². The molecule has 0 radical (unpaired) electrons. The summed E-state index contributed by atoms with van der Waals surface area (Å²) in [4.78, 5) is 0. The van der Waals surface area contributed by atoms with Crippen molar-refractivity contribution in [1.82, 2.24) is 0 Å². The highest BCUT2D eigenvalue weighted by Crippen LogP contribution is 2.31. The predicted octanol–water partition coefficient (Wildman–Crippen LogP) is 6.49. The molecule has 0 heterocycles. The summed E-state index contributed by atoms with van der Waals surface area (Å²) < 4.78 is 1.61. The first kappa shape index (κ1) is 18.5. The molecule has 0 amide bonds. The van der Waals surface area contributed by atoms with Crippen molar-refractivity contribution >= 4 is 45.2 Å². The quantitative estimate of drug-likeness (QED) is 0.270.